The number of nitrogens with zero attached hydrogens (tertiary/aromatic N) is 2. The number of hydrogen-bond donors (Lipinski definition) is 1. The molecule has 0 fully saturated rings. The first kappa shape index (κ1) is 26.4. The maximum absolute atomic E-state index is 13.1. The highest BCUT2D eigenvalue weighted by molar-refractivity contribution is 5.95. The molecule has 4 aromatic rings. The van der Waals surface area contributed by atoms with E-state index in [-0.39, 0.29) is 12.5 Å². The fourth-order valence-corrected chi connectivity index (χ4v) is 3.75. The van der Waals surface area contributed by atoms with E-state index in [0.717, 1.165) is 17.5 Å². The maximum Gasteiger partial charge on any atom is 0.442 e. The predicted molar refractivity (Wildman–Crippen MR) is 148 cm³/mol. The Morgan fingerprint density at radius 1 is 1.03 bits per heavy atom. The normalized spacial score (nSPS) is 11.4. The first-order chi connectivity index (χ1) is 18.4. The Balaban J connectivity index is 1.47. The van der Waals surface area contributed by atoms with Gasteiger partial charge in [0.1, 0.15) is 12.4 Å². The zero-order valence-electron chi connectivity index (χ0n) is 21.6. The van der Waals surface area contributed by atoms with E-state index >= 15 is 0 Å². The van der Waals surface area contributed by atoms with Crippen LogP contribution in [0.4, 0.5) is 0 Å². The third-order valence-corrected chi connectivity index (χ3v) is 5.85. The predicted octanol–water partition coefficient (Wildman–Crippen LogP) is 6.00. The molecule has 38 heavy (non-hydrogen) atoms. The lowest BCUT2D eigenvalue weighted by Gasteiger charge is -2.15. The second-order valence-electron chi connectivity index (χ2n) is 9.33. The largest absolute Gasteiger partial charge is 0.489 e. The van der Waals surface area contributed by atoms with Gasteiger partial charge in [-0.25, -0.2) is 4.79 Å². The number of rotatable bonds is 11. The Morgan fingerprint density at radius 3 is 2.34 bits per heavy atom. The van der Waals surface area contributed by atoms with Crippen LogP contribution in [0.3, 0.4) is 0 Å². The Labute approximate surface area is 222 Å². The molecule has 0 radical (unpaired) electrons. The van der Waals surface area contributed by atoms with Crippen molar-refractivity contribution in [3.05, 3.63) is 131 Å². The van der Waals surface area contributed by atoms with Gasteiger partial charge in [-0.15, -0.1) is 0 Å². The van der Waals surface area contributed by atoms with E-state index in [0.29, 0.717) is 40.9 Å². The van der Waals surface area contributed by atoms with E-state index < -0.39 is 5.76 Å². The molecule has 3 aromatic carbocycles. The zero-order chi connectivity index (χ0) is 26.9. The third-order valence-electron chi connectivity index (χ3n) is 5.85. The van der Waals surface area contributed by atoms with Crippen LogP contribution in [0.5, 0.6) is 5.75 Å². The molecule has 1 heterocycles. The molecular formula is C31H31N3O4. The average molecular weight is 510 g/mol. The van der Waals surface area contributed by atoms with E-state index in [1.54, 1.807) is 24.3 Å². The molecule has 0 bridgehead atoms. The lowest BCUT2D eigenvalue weighted by Crippen LogP contribution is -2.26. The van der Waals surface area contributed by atoms with Gasteiger partial charge >= 0.3 is 5.76 Å². The van der Waals surface area contributed by atoms with Gasteiger partial charge in [0, 0.05) is 16.8 Å². The third kappa shape index (κ3) is 6.97. The van der Waals surface area contributed by atoms with Crippen LogP contribution in [-0.2, 0) is 13.2 Å². The van der Waals surface area contributed by atoms with Gasteiger partial charge in [0.2, 0.25) is 0 Å². The summed E-state index contributed by atoms with van der Waals surface area (Å²) in [7, 11) is 0. The number of allylic oxidation sites excluding steroid dienone is 2. The Kier molecular flexibility index (Phi) is 8.72. The summed E-state index contributed by atoms with van der Waals surface area (Å²) in [5, 5.41) is 6.91. The second kappa shape index (κ2) is 12.5. The Morgan fingerprint density at radius 2 is 1.68 bits per heavy atom. The van der Waals surface area contributed by atoms with Gasteiger partial charge in [-0.1, -0.05) is 92.3 Å². The van der Waals surface area contributed by atoms with E-state index in [2.05, 4.69) is 30.9 Å². The Bertz CT molecular complexity index is 1450. The molecule has 0 atom stereocenters. The lowest BCUT2D eigenvalue weighted by atomic mass is 10.1. The number of aromatic nitrogens is 2. The van der Waals surface area contributed by atoms with Crippen LogP contribution in [0.1, 0.15) is 36.2 Å². The smallest absolute Gasteiger partial charge is 0.442 e. The van der Waals surface area contributed by atoms with Gasteiger partial charge in [-0.2, -0.15) is 0 Å². The van der Waals surface area contributed by atoms with Crippen molar-refractivity contribution in [1.82, 2.24) is 15.0 Å². The molecule has 7 heteroatoms. The molecule has 0 unspecified atom stereocenters. The van der Waals surface area contributed by atoms with E-state index in [4.69, 9.17) is 9.26 Å². The van der Waals surface area contributed by atoms with Crippen molar-refractivity contribution in [3.8, 4) is 17.1 Å². The quantitative estimate of drug-likeness (QED) is 0.251. The number of hydrogen-bond acceptors (Lipinski definition) is 5. The number of carbonyl (C=O) groups excluding carboxylic acids is 1. The summed E-state index contributed by atoms with van der Waals surface area (Å²) in [5.74, 6) is 0.569. The monoisotopic (exact) mass is 509 g/mol. The minimum absolute atomic E-state index is 0.114. The summed E-state index contributed by atoms with van der Waals surface area (Å²) in [6.07, 6.45) is 2.66. The molecule has 0 aliphatic carbocycles. The highest BCUT2D eigenvalue weighted by Crippen LogP contribution is 2.19. The number of nitrogens with one attached hydrogen (secondary N) is 1. The molecule has 4 rings (SSSR count). The molecule has 0 aliphatic rings. The highest BCUT2D eigenvalue weighted by Gasteiger charge is 2.17. The van der Waals surface area contributed by atoms with Gasteiger partial charge in [-0.05, 0) is 47.7 Å². The van der Waals surface area contributed by atoms with Crippen LogP contribution in [0.25, 0.3) is 11.4 Å². The fourth-order valence-electron chi connectivity index (χ4n) is 3.75. The average Bonchev–Trinajstić information content (AvgIpc) is 3.30. The first-order valence-electron chi connectivity index (χ1n) is 12.5. The van der Waals surface area contributed by atoms with Crippen molar-refractivity contribution in [1.29, 1.82) is 0 Å². The Hall–Kier alpha value is -4.65. The summed E-state index contributed by atoms with van der Waals surface area (Å²) >= 11 is 0. The number of ether oxygens (including phenoxy) is 1. The summed E-state index contributed by atoms with van der Waals surface area (Å²) in [5.41, 5.74) is 3.41. The molecule has 0 aliphatic heterocycles. The fraction of sp³-hybridized carbons (Fsp3) is 0.194. The standard InChI is InChI=1S/C31H31N3O4/c1-22(2)14-19-28(23(3)20-34-29(33-38-31(34)36)25-12-8-5-9-13-25)32-30(35)26-15-17-27(18-16-26)37-21-24-10-6-4-7-11-24/h4-13,15-19,22H,3,14,20-21H2,1-2H3,(H,32,35). The van der Waals surface area contributed by atoms with E-state index in [9.17, 15) is 9.59 Å². The minimum atomic E-state index is -0.592. The molecule has 0 spiro atoms. The zero-order valence-corrected chi connectivity index (χ0v) is 21.6. The van der Waals surface area contributed by atoms with Crippen molar-refractivity contribution in [3.63, 3.8) is 0 Å². The lowest BCUT2D eigenvalue weighted by molar-refractivity contribution is 0.0966. The summed E-state index contributed by atoms with van der Waals surface area (Å²) in [6.45, 7) is 8.90. The van der Waals surface area contributed by atoms with Gasteiger partial charge in [0.25, 0.3) is 5.91 Å². The van der Waals surface area contributed by atoms with Crippen molar-refractivity contribution in [2.75, 3.05) is 0 Å². The van der Waals surface area contributed by atoms with Crippen molar-refractivity contribution < 1.29 is 14.1 Å². The SMILES string of the molecule is C=C(Cn1c(-c2ccccc2)noc1=O)C(=CCC(C)C)NC(=O)c1ccc(OCc2ccccc2)cc1. The van der Waals surface area contributed by atoms with Gasteiger partial charge in [-0.3, -0.25) is 13.9 Å². The number of amides is 1. The van der Waals surface area contributed by atoms with Crippen molar-refractivity contribution in [2.45, 2.75) is 33.4 Å². The van der Waals surface area contributed by atoms with E-state index in [1.165, 1.54) is 4.57 Å². The molecule has 1 N–H and O–H groups in total. The van der Waals surface area contributed by atoms with Crippen molar-refractivity contribution in [2.24, 2.45) is 5.92 Å². The molecule has 194 valence electrons. The molecule has 1 aromatic heterocycles. The van der Waals surface area contributed by atoms with E-state index in [1.807, 2.05) is 66.7 Å². The maximum atomic E-state index is 13.1. The van der Waals surface area contributed by atoms with Gasteiger partial charge < -0.3 is 10.1 Å². The molecule has 1 amide bonds. The topological polar surface area (TPSA) is 86.4 Å². The molecule has 0 saturated heterocycles. The van der Waals surface area contributed by atoms with Crippen molar-refractivity contribution >= 4 is 5.91 Å². The van der Waals surface area contributed by atoms with Gasteiger partial charge in [0.15, 0.2) is 5.82 Å². The molecule has 0 saturated carbocycles. The number of benzene rings is 3. The van der Waals surface area contributed by atoms with Crippen LogP contribution >= 0.6 is 0 Å². The first-order valence-corrected chi connectivity index (χ1v) is 12.5. The summed E-state index contributed by atoms with van der Waals surface area (Å²) < 4.78 is 12.2. The van der Waals surface area contributed by atoms with Gasteiger partial charge in [0.05, 0.1) is 6.54 Å². The minimum Gasteiger partial charge on any atom is -0.489 e. The summed E-state index contributed by atoms with van der Waals surface area (Å²) in [4.78, 5) is 25.6. The van der Waals surface area contributed by atoms with Crippen LogP contribution < -0.4 is 15.8 Å². The highest BCUT2D eigenvalue weighted by atomic mass is 16.5. The van der Waals surface area contributed by atoms with Crippen LogP contribution in [-0.4, -0.2) is 15.6 Å². The summed E-state index contributed by atoms with van der Waals surface area (Å²) in [6, 6.07) is 26.2. The number of carbonyl (C=O) groups is 1. The molecule has 7 nitrogen and oxygen atoms in total. The van der Waals surface area contributed by atoms with Crippen LogP contribution in [0, 0.1) is 5.92 Å². The van der Waals surface area contributed by atoms with Crippen LogP contribution in [0.2, 0.25) is 0 Å². The van der Waals surface area contributed by atoms with Crippen LogP contribution in [0.15, 0.2) is 118 Å². The second-order valence-corrected chi connectivity index (χ2v) is 9.33. The molecular weight excluding hydrogens is 478 g/mol.